The first-order chi connectivity index (χ1) is 10.3. The number of piperazine rings is 1. The molecule has 1 aliphatic rings. The van der Waals surface area contributed by atoms with Crippen molar-refractivity contribution in [2.24, 2.45) is 0 Å². The fourth-order valence-electron chi connectivity index (χ4n) is 2.07. The summed E-state index contributed by atoms with van der Waals surface area (Å²) in [5.41, 5.74) is 0.128. The van der Waals surface area contributed by atoms with Crippen LogP contribution in [-0.2, 0) is 16.3 Å². The molecule has 1 aromatic heterocycles. The highest BCUT2D eigenvalue weighted by Gasteiger charge is 2.25. The van der Waals surface area contributed by atoms with Crippen LogP contribution in [-0.4, -0.2) is 57.8 Å². The first kappa shape index (κ1) is 16.5. The average Bonchev–Trinajstić information content (AvgIpc) is 2.47. The number of nitrogens with zero attached hydrogens (tertiary/aromatic N) is 3. The van der Waals surface area contributed by atoms with Gasteiger partial charge in [0.2, 0.25) is 0 Å². The zero-order valence-corrected chi connectivity index (χ0v) is 13.3. The van der Waals surface area contributed by atoms with Crippen molar-refractivity contribution in [3.05, 3.63) is 24.0 Å². The van der Waals surface area contributed by atoms with Crippen LogP contribution in [0.25, 0.3) is 0 Å². The van der Waals surface area contributed by atoms with Crippen LogP contribution < -0.4 is 0 Å². The standard InChI is InChI=1S/C15H23N3O4/c1-15(2,3)22-21-14(20)18-9-7-17(8-10-18)11-12-13(19)5-4-6-16-12/h4-6,19H,7-11H2,1-3H3. The number of hydrogen-bond donors (Lipinski definition) is 1. The smallest absolute Gasteiger partial charge is 0.441 e. The summed E-state index contributed by atoms with van der Waals surface area (Å²) in [7, 11) is 0. The maximum absolute atomic E-state index is 11.9. The summed E-state index contributed by atoms with van der Waals surface area (Å²) >= 11 is 0. The highest BCUT2D eigenvalue weighted by atomic mass is 17.2. The molecule has 1 aromatic rings. The molecule has 122 valence electrons. The first-order valence-electron chi connectivity index (χ1n) is 7.35. The van der Waals surface area contributed by atoms with E-state index in [1.165, 1.54) is 0 Å². The maximum atomic E-state index is 11.9. The van der Waals surface area contributed by atoms with Crippen molar-refractivity contribution in [2.45, 2.75) is 32.9 Å². The zero-order valence-electron chi connectivity index (χ0n) is 13.3. The van der Waals surface area contributed by atoms with E-state index < -0.39 is 11.7 Å². The number of aromatic nitrogens is 1. The third-order valence-electron chi connectivity index (χ3n) is 3.23. The van der Waals surface area contributed by atoms with Crippen molar-refractivity contribution < 1.29 is 19.7 Å². The minimum Gasteiger partial charge on any atom is -0.506 e. The van der Waals surface area contributed by atoms with Crippen LogP contribution in [0.2, 0.25) is 0 Å². The zero-order chi connectivity index (χ0) is 16.2. The molecule has 1 N–H and O–H groups in total. The Morgan fingerprint density at radius 3 is 2.59 bits per heavy atom. The second kappa shape index (κ2) is 6.93. The molecule has 1 aliphatic heterocycles. The number of aromatic hydroxyl groups is 1. The largest absolute Gasteiger partial charge is 0.506 e. The van der Waals surface area contributed by atoms with Crippen LogP contribution in [0, 0.1) is 0 Å². The summed E-state index contributed by atoms with van der Waals surface area (Å²) < 4.78 is 0. The van der Waals surface area contributed by atoms with Gasteiger partial charge in [0.15, 0.2) is 0 Å². The number of amides is 1. The molecule has 0 unspecified atom stereocenters. The second-order valence-corrected chi connectivity index (χ2v) is 6.28. The molecule has 1 fully saturated rings. The molecule has 22 heavy (non-hydrogen) atoms. The molecule has 1 amide bonds. The van der Waals surface area contributed by atoms with Gasteiger partial charge in [0.25, 0.3) is 0 Å². The minimum absolute atomic E-state index is 0.197. The van der Waals surface area contributed by atoms with Gasteiger partial charge in [0.05, 0.1) is 5.69 Å². The van der Waals surface area contributed by atoms with Gasteiger partial charge in [-0.05, 0) is 32.9 Å². The van der Waals surface area contributed by atoms with Gasteiger partial charge < -0.3 is 10.0 Å². The van der Waals surface area contributed by atoms with Crippen LogP contribution in [0.15, 0.2) is 18.3 Å². The molecule has 7 heteroatoms. The predicted octanol–water partition coefficient (Wildman–Crippen LogP) is 1.77. The SMILES string of the molecule is CC(C)(C)OOC(=O)N1CCN(Cc2ncccc2O)CC1. The van der Waals surface area contributed by atoms with E-state index in [-0.39, 0.29) is 5.75 Å². The van der Waals surface area contributed by atoms with E-state index in [9.17, 15) is 9.90 Å². The van der Waals surface area contributed by atoms with Crippen LogP contribution in [0.4, 0.5) is 4.79 Å². The summed E-state index contributed by atoms with van der Waals surface area (Å²) in [5, 5.41) is 9.74. The molecule has 2 heterocycles. The Labute approximate surface area is 130 Å². The van der Waals surface area contributed by atoms with E-state index in [0.717, 1.165) is 0 Å². The van der Waals surface area contributed by atoms with Gasteiger partial charge in [0.1, 0.15) is 11.4 Å². The maximum Gasteiger partial charge on any atom is 0.441 e. The number of carbonyl (C=O) groups is 1. The van der Waals surface area contributed by atoms with E-state index in [1.807, 2.05) is 20.8 Å². The van der Waals surface area contributed by atoms with Crippen LogP contribution in [0.3, 0.4) is 0 Å². The number of pyridine rings is 1. The Morgan fingerprint density at radius 1 is 1.32 bits per heavy atom. The molecule has 0 aliphatic carbocycles. The van der Waals surface area contributed by atoms with Crippen LogP contribution in [0.1, 0.15) is 26.5 Å². The molecule has 0 saturated carbocycles. The molecule has 0 radical (unpaired) electrons. The summed E-state index contributed by atoms with van der Waals surface area (Å²) in [6, 6.07) is 3.32. The summed E-state index contributed by atoms with van der Waals surface area (Å²) in [5.74, 6) is 0.197. The second-order valence-electron chi connectivity index (χ2n) is 6.28. The van der Waals surface area contributed by atoms with E-state index in [0.29, 0.717) is 38.4 Å². The van der Waals surface area contributed by atoms with Crippen molar-refractivity contribution in [3.8, 4) is 5.75 Å². The normalized spacial score (nSPS) is 16.6. The minimum atomic E-state index is -0.520. The van der Waals surface area contributed by atoms with E-state index in [1.54, 1.807) is 23.2 Å². The predicted molar refractivity (Wildman–Crippen MR) is 80.1 cm³/mol. The molecule has 0 bridgehead atoms. The first-order valence-corrected chi connectivity index (χ1v) is 7.35. The third kappa shape index (κ3) is 4.85. The van der Waals surface area contributed by atoms with Gasteiger partial charge in [0, 0.05) is 38.9 Å². The summed E-state index contributed by atoms with van der Waals surface area (Å²) in [6.45, 7) is 8.52. The quantitative estimate of drug-likeness (QED) is 0.677. The van der Waals surface area contributed by atoms with E-state index in [2.05, 4.69) is 9.88 Å². The Bertz CT molecular complexity index is 508. The van der Waals surface area contributed by atoms with Crippen LogP contribution >= 0.6 is 0 Å². The number of hydrogen-bond acceptors (Lipinski definition) is 6. The Balaban J connectivity index is 1.78. The highest BCUT2D eigenvalue weighted by Crippen LogP contribution is 2.16. The van der Waals surface area contributed by atoms with Gasteiger partial charge in [-0.25, -0.2) is 4.79 Å². The lowest BCUT2D eigenvalue weighted by Gasteiger charge is -2.33. The van der Waals surface area contributed by atoms with Gasteiger partial charge in [-0.1, -0.05) is 0 Å². The Morgan fingerprint density at radius 2 is 2.00 bits per heavy atom. The number of carbonyl (C=O) groups excluding carboxylic acids is 1. The van der Waals surface area contributed by atoms with Gasteiger partial charge in [-0.2, -0.15) is 4.89 Å². The van der Waals surface area contributed by atoms with Gasteiger partial charge in [-0.15, -0.1) is 0 Å². The molecule has 0 atom stereocenters. The molecule has 2 rings (SSSR count). The molecular weight excluding hydrogens is 286 g/mol. The van der Waals surface area contributed by atoms with Crippen molar-refractivity contribution in [1.82, 2.24) is 14.8 Å². The number of rotatable bonds is 3. The lowest BCUT2D eigenvalue weighted by atomic mass is 10.2. The average molecular weight is 309 g/mol. The van der Waals surface area contributed by atoms with Crippen molar-refractivity contribution >= 4 is 6.09 Å². The fraction of sp³-hybridized carbons (Fsp3) is 0.600. The van der Waals surface area contributed by atoms with Crippen LogP contribution in [0.5, 0.6) is 5.75 Å². The van der Waals surface area contributed by atoms with E-state index >= 15 is 0 Å². The summed E-state index contributed by atoms with van der Waals surface area (Å²) in [6.07, 6.45) is 1.20. The molecule has 0 spiro atoms. The van der Waals surface area contributed by atoms with E-state index in [4.69, 9.17) is 9.78 Å². The van der Waals surface area contributed by atoms with Crippen molar-refractivity contribution in [3.63, 3.8) is 0 Å². The molecule has 0 aromatic carbocycles. The molecule has 1 saturated heterocycles. The Kier molecular flexibility index (Phi) is 5.20. The Hall–Kier alpha value is -1.86. The third-order valence-corrected chi connectivity index (χ3v) is 3.23. The monoisotopic (exact) mass is 309 g/mol. The van der Waals surface area contributed by atoms with Crippen molar-refractivity contribution in [1.29, 1.82) is 0 Å². The molecule has 7 nitrogen and oxygen atoms in total. The molecular formula is C15H23N3O4. The van der Waals surface area contributed by atoms with Gasteiger partial charge >= 0.3 is 6.09 Å². The topological polar surface area (TPSA) is 75.1 Å². The fourth-order valence-corrected chi connectivity index (χ4v) is 2.07. The lowest BCUT2D eigenvalue weighted by Crippen LogP contribution is -2.48. The highest BCUT2D eigenvalue weighted by molar-refractivity contribution is 5.67. The lowest BCUT2D eigenvalue weighted by molar-refractivity contribution is -0.305. The van der Waals surface area contributed by atoms with Gasteiger partial charge in [-0.3, -0.25) is 14.8 Å². The van der Waals surface area contributed by atoms with Crippen molar-refractivity contribution in [2.75, 3.05) is 26.2 Å². The summed E-state index contributed by atoms with van der Waals surface area (Å²) in [4.78, 5) is 29.7.